The van der Waals surface area contributed by atoms with E-state index in [1.807, 2.05) is 6.08 Å². The molecule has 2 fully saturated rings. The van der Waals surface area contributed by atoms with Gasteiger partial charge in [0.1, 0.15) is 48.8 Å². The third kappa shape index (κ3) is 36.9. The van der Waals surface area contributed by atoms with Crippen LogP contribution in [0.5, 0.6) is 0 Å². The first-order chi connectivity index (χ1) is 40.1. The van der Waals surface area contributed by atoms with Crippen LogP contribution < -0.4 is 5.32 Å². The predicted octanol–water partition coefficient (Wildman–Crippen LogP) is 12.4. The van der Waals surface area contributed by atoms with Gasteiger partial charge >= 0.3 is 0 Å². The molecule has 0 radical (unpaired) electrons. The minimum Gasteiger partial charge on any atom is -0.394 e. The summed E-state index contributed by atoms with van der Waals surface area (Å²) in [6.07, 6.45) is 54.8. The van der Waals surface area contributed by atoms with Crippen LogP contribution in [0.25, 0.3) is 0 Å². The van der Waals surface area contributed by atoms with E-state index >= 15 is 0 Å². The van der Waals surface area contributed by atoms with Gasteiger partial charge in [0.25, 0.3) is 0 Å². The maximum Gasteiger partial charge on any atom is 0.220 e. The highest BCUT2D eigenvalue weighted by Gasteiger charge is 2.51. The predicted molar refractivity (Wildman–Crippen MR) is 332 cm³/mol. The Labute approximate surface area is 497 Å². The molecule has 2 saturated heterocycles. The zero-order valence-corrected chi connectivity index (χ0v) is 51.2. The van der Waals surface area contributed by atoms with Gasteiger partial charge < -0.3 is 65.1 Å². The molecule has 0 aromatic rings. The maximum atomic E-state index is 13.3. The van der Waals surface area contributed by atoms with E-state index in [0.717, 1.165) is 70.6 Å². The summed E-state index contributed by atoms with van der Waals surface area (Å²) in [5.74, 6) is -0.252. The van der Waals surface area contributed by atoms with Crippen molar-refractivity contribution in [3.8, 4) is 0 Å². The van der Waals surface area contributed by atoms with Crippen LogP contribution in [0.3, 0.4) is 0 Å². The number of allylic oxidation sites excluding steroid dienone is 13. The lowest BCUT2D eigenvalue weighted by atomic mass is 9.97. The Balaban J connectivity index is 1.71. The van der Waals surface area contributed by atoms with E-state index in [1.165, 1.54) is 141 Å². The number of unbranched alkanes of at least 4 members (excludes halogenated alkanes) is 27. The van der Waals surface area contributed by atoms with E-state index < -0.39 is 86.8 Å². The van der Waals surface area contributed by atoms with Crippen LogP contribution >= 0.6 is 0 Å². The highest BCUT2D eigenvalue weighted by atomic mass is 16.7. The third-order valence-electron chi connectivity index (χ3n) is 15.6. The quantitative estimate of drug-likeness (QED) is 0.0204. The summed E-state index contributed by atoms with van der Waals surface area (Å²) >= 11 is 0. The second-order valence-corrected chi connectivity index (χ2v) is 22.9. The third-order valence-corrected chi connectivity index (χ3v) is 15.6. The lowest BCUT2D eigenvalue weighted by Gasteiger charge is -2.46. The number of rotatable bonds is 52. The number of hydrogen-bond acceptors (Lipinski definition) is 13. The van der Waals surface area contributed by atoms with E-state index in [2.05, 4.69) is 92.1 Å². The molecule has 2 aliphatic rings. The molecular formula is C68H119NO13. The molecular weight excluding hydrogens is 1040 g/mol. The monoisotopic (exact) mass is 1160 g/mol. The molecule has 2 aliphatic heterocycles. The Morgan fingerprint density at radius 3 is 1.34 bits per heavy atom. The fraction of sp³-hybridized carbons (Fsp3) is 0.779. The molecule has 0 spiro atoms. The first-order valence-corrected chi connectivity index (χ1v) is 32.8. The topological polar surface area (TPSA) is 228 Å². The Morgan fingerprint density at radius 2 is 0.854 bits per heavy atom. The lowest BCUT2D eigenvalue weighted by Crippen LogP contribution is -2.65. The molecule has 0 saturated carbocycles. The molecule has 14 heteroatoms. The van der Waals surface area contributed by atoms with Crippen LogP contribution in [0.4, 0.5) is 0 Å². The SMILES string of the molecule is CC/C=C\C/C=C\C/C=C\C/C=C\C/C=C\CCCCCCCCCCCCCCCC(=O)NC(COC1OC(CO)C(OC2OC(CO)C(O)C(O)C2O)C(O)C1O)C(O)/C=C/CC/C=C/CCCCCCCCCCCCCCC. The summed E-state index contributed by atoms with van der Waals surface area (Å²) in [6.45, 7) is 2.68. The second kappa shape index (κ2) is 52.5. The van der Waals surface area contributed by atoms with Gasteiger partial charge in [-0.15, -0.1) is 0 Å². The van der Waals surface area contributed by atoms with Crippen molar-refractivity contribution in [1.82, 2.24) is 5.32 Å². The number of carbonyl (C=O) groups is 1. The largest absolute Gasteiger partial charge is 0.394 e. The summed E-state index contributed by atoms with van der Waals surface area (Å²) < 4.78 is 22.8. The van der Waals surface area contributed by atoms with Gasteiger partial charge in [0, 0.05) is 6.42 Å². The lowest BCUT2D eigenvalue weighted by molar-refractivity contribution is -0.359. The number of aliphatic hydroxyl groups is 8. The van der Waals surface area contributed by atoms with Gasteiger partial charge in [-0.25, -0.2) is 0 Å². The molecule has 0 aliphatic carbocycles. The van der Waals surface area contributed by atoms with Crippen molar-refractivity contribution in [3.63, 3.8) is 0 Å². The highest BCUT2D eigenvalue weighted by Crippen LogP contribution is 2.30. The van der Waals surface area contributed by atoms with Gasteiger partial charge in [-0.1, -0.05) is 247 Å². The first-order valence-electron chi connectivity index (χ1n) is 32.8. The van der Waals surface area contributed by atoms with Crippen molar-refractivity contribution in [2.75, 3.05) is 19.8 Å². The number of ether oxygens (including phenoxy) is 4. The molecule has 2 rings (SSSR count). The average molecular weight is 1160 g/mol. The molecule has 9 N–H and O–H groups in total. The summed E-state index contributed by atoms with van der Waals surface area (Å²) in [5, 5.41) is 87.3. The number of amides is 1. The Bertz CT molecular complexity index is 1700. The number of hydrogen-bond donors (Lipinski definition) is 9. The van der Waals surface area contributed by atoms with Gasteiger partial charge in [-0.05, 0) is 77.0 Å². The minimum atomic E-state index is -1.79. The summed E-state index contributed by atoms with van der Waals surface area (Å²) in [5.41, 5.74) is 0. The minimum absolute atomic E-state index is 0.252. The molecule has 14 nitrogen and oxygen atoms in total. The van der Waals surface area contributed by atoms with Crippen LogP contribution in [0.15, 0.2) is 85.1 Å². The normalized spacial score (nSPS) is 24.5. The zero-order chi connectivity index (χ0) is 59.5. The number of aliphatic hydroxyl groups excluding tert-OH is 8. The van der Waals surface area contributed by atoms with Crippen molar-refractivity contribution < 1.29 is 64.6 Å². The smallest absolute Gasteiger partial charge is 0.220 e. The van der Waals surface area contributed by atoms with Gasteiger partial charge in [0.15, 0.2) is 12.6 Å². The van der Waals surface area contributed by atoms with E-state index in [4.69, 9.17) is 18.9 Å². The van der Waals surface area contributed by atoms with E-state index in [1.54, 1.807) is 6.08 Å². The molecule has 82 heavy (non-hydrogen) atoms. The van der Waals surface area contributed by atoms with Crippen molar-refractivity contribution in [2.24, 2.45) is 0 Å². The molecule has 474 valence electrons. The Kier molecular flexibility index (Phi) is 48.2. The van der Waals surface area contributed by atoms with Gasteiger partial charge in [0.2, 0.25) is 5.91 Å². The van der Waals surface area contributed by atoms with Crippen molar-refractivity contribution in [2.45, 2.75) is 319 Å². The van der Waals surface area contributed by atoms with Crippen LogP contribution in [0.1, 0.15) is 245 Å². The average Bonchev–Trinajstić information content (AvgIpc) is 3.65. The Morgan fingerprint density at radius 1 is 0.451 bits per heavy atom. The number of nitrogens with one attached hydrogen (secondary N) is 1. The molecule has 1 amide bonds. The van der Waals surface area contributed by atoms with E-state index in [0.29, 0.717) is 12.8 Å². The van der Waals surface area contributed by atoms with Gasteiger partial charge in [-0.3, -0.25) is 4.79 Å². The van der Waals surface area contributed by atoms with Crippen molar-refractivity contribution >= 4 is 5.91 Å². The van der Waals surface area contributed by atoms with Gasteiger partial charge in [0.05, 0.1) is 32.0 Å². The van der Waals surface area contributed by atoms with Crippen LogP contribution in [-0.4, -0.2) is 140 Å². The van der Waals surface area contributed by atoms with Crippen LogP contribution in [0.2, 0.25) is 0 Å². The molecule has 12 unspecified atom stereocenters. The molecule has 0 aromatic carbocycles. The second-order valence-electron chi connectivity index (χ2n) is 22.9. The standard InChI is InChI=1S/C68H119NO13/c1-3-5-7-9-11-13-15-17-19-21-23-24-25-26-27-28-29-30-31-32-34-36-38-40-42-44-46-48-50-52-60(73)69-56(57(72)51-49-47-45-43-41-39-37-35-33-22-20-18-16-14-12-10-8-6-4-2)55-79-67-65(78)63(76)66(59(54-71)81-67)82-68-64(77)62(75)61(74)58(53-70)80-68/h5,7,11,13,17,19,23-24,26-27,41,43,49,51,56-59,61-68,70-72,74-78H,3-4,6,8-10,12,14-16,18,20-22,25,28-40,42,44-48,50,52-55H2,1-2H3,(H,69,73)/b7-5-,13-11-,19-17-,24-23-,27-26-,43-41+,51-49+. The molecule has 0 bridgehead atoms. The summed E-state index contributed by atoms with van der Waals surface area (Å²) in [6, 6.07) is -0.937. The summed E-state index contributed by atoms with van der Waals surface area (Å²) in [7, 11) is 0. The Hall–Kier alpha value is -2.83. The first kappa shape index (κ1) is 75.3. The summed E-state index contributed by atoms with van der Waals surface area (Å²) in [4.78, 5) is 13.3. The van der Waals surface area contributed by atoms with Crippen LogP contribution in [0, 0.1) is 0 Å². The van der Waals surface area contributed by atoms with Gasteiger partial charge in [-0.2, -0.15) is 0 Å². The highest BCUT2D eigenvalue weighted by molar-refractivity contribution is 5.76. The van der Waals surface area contributed by atoms with Crippen LogP contribution in [-0.2, 0) is 23.7 Å². The zero-order valence-electron chi connectivity index (χ0n) is 51.2. The fourth-order valence-electron chi connectivity index (χ4n) is 10.3. The fourth-order valence-corrected chi connectivity index (χ4v) is 10.3. The van der Waals surface area contributed by atoms with E-state index in [9.17, 15) is 45.6 Å². The van der Waals surface area contributed by atoms with Crippen molar-refractivity contribution in [3.05, 3.63) is 85.1 Å². The van der Waals surface area contributed by atoms with Crippen molar-refractivity contribution in [1.29, 1.82) is 0 Å². The molecule has 2 heterocycles. The number of carbonyl (C=O) groups excluding carboxylic acids is 1. The maximum absolute atomic E-state index is 13.3. The molecule has 0 aromatic heterocycles. The molecule has 12 atom stereocenters. The van der Waals surface area contributed by atoms with E-state index in [-0.39, 0.29) is 18.9 Å².